The fraction of sp³-hybridized carbons (Fsp3) is 1.00. The first-order valence-electron chi connectivity index (χ1n) is 8.08. The summed E-state index contributed by atoms with van der Waals surface area (Å²) >= 11 is 0. The molecule has 0 amide bonds. The van der Waals surface area contributed by atoms with Crippen molar-refractivity contribution < 1.29 is 9.47 Å². The predicted molar refractivity (Wildman–Crippen MR) is 80.5 cm³/mol. The van der Waals surface area contributed by atoms with Gasteiger partial charge in [0.05, 0.1) is 18.8 Å². The average molecular weight is 271 g/mol. The van der Waals surface area contributed by atoms with Crippen molar-refractivity contribution in [2.45, 2.75) is 77.5 Å². The second kappa shape index (κ2) is 9.73. The van der Waals surface area contributed by atoms with Crippen LogP contribution >= 0.6 is 0 Å². The number of hydrogen-bond donors (Lipinski definition) is 1. The lowest BCUT2D eigenvalue weighted by Gasteiger charge is -2.38. The standard InChI is InChI=1S/C16H33NO2/c1-5-7-14-8-9-15(17-10-6-2)16(11-14)19-13(3)12-18-4/h13-17H,5-12H2,1-4H3. The summed E-state index contributed by atoms with van der Waals surface area (Å²) in [7, 11) is 1.74. The van der Waals surface area contributed by atoms with Crippen LogP contribution in [-0.2, 0) is 9.47 Å². The van der Waals surface area contributed by atoms with Gasteiger partial charge in [-0.05, 0) is 45.1 Å². The van der Waals surface area contributed by atoms with Crippen molar-refractivity contribution in [2.24, 2.45) is 5.92 Å². The Bertz CT molecular complexity index is 221. The van der Waals surface area contributed by atoms with Crippen LogP contribution in [-0.4, -0.2) is 38.5 Å². The lowest BCUT2D eigenvalue weighted by molar-refractivity contribution is -0.0743. The van der Waals surface area contributed by atoms with Gasteiger partial charge in [0.1, 0.15) is 0 Å². The van der Waals surface area contributed by atoms with E-state index in [1.807, 2.05) is 0 Å². The molecule has 19 heavy (non-hydrogen) atoms. The van der Waals surface area contributed by atoms with Gasteiger partial charge in [-0.15, -0.1) is 0 Å². The van der Waals surface area contributed by atoms with Crippen molar-refractivity contribution in [1.29, 1.82) is 0 Å². The van der Waals surface area contributed by atoms with E-state index in [0.29, 0.717) is 18.8 Å². The van der Waals surface area contributed by atoms with E-state index >= 15 is 0 Å². The molecule has 0 aromatic carbocycles. The summed E-state index contributed by atoms with van der Waals surface area (Å²) in [5.41, 5.74) is 0. The van der Waals surface area contributed by atoms with Gasteiger partial charge in [0.25, 0.3) is 0 Å². The Kier molecular flexibility index (Phi) is 8.67. The van der Waals surface area contributed by atoms with Crippen LogP contribution < -0.4 is 5.32 Å². The Hall–Kier alpha value is -0.120. The first kappa shape index (κ1) is 16.9. The fourth-order valence-electron chi connectivity index (χ4n) is 3.17. The summed E-state index contributed by atoms with van der Waals surface area (Å²) < 4.78 is 11.4. The van der Waals surface area contributed by atoms with Crippen molar-refractivity contribution in [3.63, 3.8) is 0 Å². The third-order valence-corrected chi connectivity index (χ3v) is 4.06. The van der Waals surface area contributed by atoms with E-state index < -0.39 is 0 Å². The molecule has 0 aliphatic heterocycles. The molecule has 0 aromatic rings. The Morgan fingerprint density at radius 3 is 2.63 bits per heavy atom. The summed E-state index contributed by atoms with van der Waals surface area (Å²) in [6.07, 6.45) is 8.21. The van der Waals surface area contributed by atoms with Crippen LogP contribution in [0.4, 0.5) is 0 Å². The Labute approximate surface area is 119 Å². The van der Waals surface area contributed by atoms with E-state index in [9.17, 15) is 0 Å². The highest BCUT2D eigenvalue weighted by atomic mass is 16.5. The monoisotopic (exact) mass is 271 g/mol. The van der Waals surface area contributed by atoms with Crippen LogP contribution in [0.2, 0.25) is 0 Å². The van der Waals surface area contributed by atoms with Crippen molar-refractivity contribution >= 4 is 0 Å². The molecular weight excluding hydrogens is 238 g/mol. The highest BCUT2D eigenvalue weighted by Crippen LogP contribution is 2.30. The molecule has 1 rings (SSSR count). The molecule has 0 saturated heterocycles. The maximum Gasteiger partial charge on any atom is 0.0784 e. The maximum absolute atomic E-state index is 6.23. The minimum absolute atomic E-state index is 0.196. The lowest BCUT2D eigenvalue weighted by atomic mass is 9.81. The molecule has 0 spiro atoms. The van der Waals surface area contributed by atoms with Gasteiger partial charge in [0.15, 0.2) is 0 Å². The van der Waals surface area contributed by atoms with Crippen molar-refractivity contribution in [3.8, 4) is 0 Å². The summed E-state index contributed by atoms with van der Waals surface area (Å²) in [5.74, 6) is 0.851. The predicted octanol–water partition coefficient (Wildman–Crippen LogP) is 3.37. The number of nitrogens with one attached hydrogen (secondary N) is 1. The maximum atomic E-state index is 6.23. The fourth-order valence-corrected chi connectivity index (χ4v) is 3.17. The van der Waals surface area contributed by atoms with Gasteiger partial charge in [-0.2, -0.15) is 0 Å². The number of ether oxygens (including phenoxy) is 2. The van der Waals surface area contributed by atoms with Gasteiger partial charge in [-0.25, -0.2) is 0 Å². The molecule has 3 heteroatoms. The number of hydrogen-bond acceptors (Lipinski definition) is 3. The normalized spacial score (nSPS) is 29.4. The number of methoxy groups -OCH3 is 1. The molecule has 1 aliphatic carbocycles. The Morgan fingerprint density at radius 2 is 2.00 bits per heavy atom. The van der Waals surface area contributed by atoms with Crippen molar-refractivity contribution in [2.75, 3.05) is 20.3 Å². The minimum Gasteiger partial charge on any atom is -0.382 e. The lowest BCUT2D eigenvalue weighted by Crippen LogP contribution is -2.47. The highest BCUT2D eigenvalue weighted by molar-refractivity contribution is 4.86. The van der Waals surface area contributed by atoms with Crippen LogP contribution in [0.1, 0.15) is 59.3 Å². The SMILES string of the molecule is CCCNC1CCC(CCC)CC1OC(C)COC. The van der Waals surface area contributed by atoms with Crippen LogP contribution in [0.25, 0.3) is 0 Å². The molecule has 3 nitrogen and oxygen atoms in total. The molecule has 0 bridgehead atoms. The first-order valence-corrected chi connectivity index (χ1v) is 8.08. The Morgan fingerprint density at radius 1 is 1.21 bits per heavy atom. The van der Waals surface area contributed by atoms with E-state index in [-0.39, 0.29) is 6.10 Å². The first-order chi connectivity index (χ1) is 9.21. The van der Waals surface area contributed by atoms with E-state index in [4.69, 9.17) is 9.47 Å². The van der Waals surface area contributed by atoms with Crippen molar-refractivity contribution in [1.82, 2.24) is 5.32 Å². The molecule has 1 fully saturated rings. The third-order valence-electron chi connectivity index (χ3n) is 4.06. The molecule has 1 N–H and O–H groups in total. The Balaban J connectivity index is 2.49. The van der Waals surface area contributed by atoms with Gasteiger partial charge < -0.3 is 14.8 Å². The van der Waals surface area contributed by atoms with Crippen LogP contribution in [0.15, 0.2) is 0 Å². The van der Waals surface area contributed by atoms with Crippen LogP contribution in [0.5, 0.6) is 0 Å². The molecule has 114 valence electrons. The van der Waals surface area contributed by atoms with Crippen LogP contribution in [0, 0.1) is 5.92 Å². The topological polar surface area (TPSA) is 30.5 Å². The van der Waals surface area contributed by atoms with E-state index in [0.717, 1.165) is 12.5 Å². The highest BCUT2D eigenvalue weighted by Gasteiger charge is 2.31. The van der Waals surface area contributed by atoms with Crippen molar-refractivity contribution in [3.05, 3.63) is 0 Å². The molecule has 0 heterocycles. The van der Waals surface area contributed by atoms with E-state index in [1.54, 1.807) is 7.11 Å². The third kappa shape index (κ3) is 6.24. The molecular formula is C16H33NO2. The van der Waals surface area contributed by atoms with Gasteiger partial charge in [-0.1, -0.05) is 26.7 Å². The largest absolute Gasteiger partial charge is 0.382 e. The van der Waals surface area contributed by atoms with E-state index in [2.05, 4.69) is 26.1 Å². The van der Waals surface area contributed by atoms with Gasteiger partial charge in [0, 0.05) is 13.2 Å². The zero-order chi connectivity index (χ0) is 14.1. The van der Waals surface area contributed by atoms with Gasteiger partial charge in [-0.3, -0.25) is 0 Å². The summed E-state index contributed by atoms with van der Waals surface area (Å²) in [6.45, 7) is 8.41. The van der Waals surface area contributed by atoms with Crippen LogP contribution in [0.3, 0.4) is 0 Å². The summed E-state index contributed by atoms with van der Waals surface area (Å²) in [4.78, 5) is 0. The van der Waals surface area contributed by atoms with E-state index in [1.165, 1.54) is 38.5 Å². The van der Waals surface area contributed by atoms with Gasteiger partial charge >= 0.3 is 0 Å². The quantitative estimate of drug-likeness (QED) is 0.697. The molecule has 0 aromatic heterocycles. The summed E-state index contributed by atoms with van der Waals surface area (Å²) in [5, 5.41) is 3.67. The zero-order valence-corrected chi connectivity index (χ0v) is 13.3. The molecule has 0 radical (unpaired) electrons. The average Bonchev–Trinajstić information content (AvgIpc) is 2.38. The smallest absolute Gasteiger partial charge is 0.0784 e. The second-order valence-electron chi connectivity index (χ2n) is 5.97. The summed E-state index contributed by atoms with van der Waals surface area (Å²) in [6, 6.07) is 0.535. The molecule has 4 atom stereocenters. The molecule has 1 saturated carbocycles. The number of rotatable bonds is 9. The molecule has 1 aliphatic rings. The zero-order valence-electron chi connectivity index (χ0n) is 13.3. The van der Waals surface area contributed by atoms with Gasteiger partial charge in [0.2, 0.25) is 0 Å². The second-order valence-corrected chi connectivity index (χ2v) is 5.97. The minimum atomic E-state index is 0.196. The molecule has 4 unspecified atom stereocenters.